The highest BCUT2D eigenvalue weighted by atomic mass is 15.1. The minimum atomic E-state index is 0.396. The Labute approximate surface area is 148 Å². The lowest BCUT2D eigenvalue weighted by atomic mass is 10.2. The quantitative estimate of drug-likeness (QED) is 0.435. The number of fused-ring (bicyclic) bond motifs is 1. The molecule has 4 aromatic rings. The number of pyridine rings is 1. The first-order valence-electron chi connectivity index (χ1n) is 8.46. The lowest BCUT2D eigenvalue weighted by Gasteiger charge is -2.07. The topological polar surface area (TPSA) is 134 Å². The lowest BCUT2D eigenvalue weighted by molar-refractivity contribution is 0.966. The molecule has 0 radical (unpaired) electrons. The van der Waals surface area contributed by atoms with Gasteiger partial charge in [-0.1, -0.05) is 0 Å². The van der Waals surface area contributed by atoms with Crippen LogP contribution in [0, 0.1) is 0 Å². The zero-order valence-electron chi connectivity index (χ0n) is 13.9. The van der Waals surface area contributed by atoms with E-state index in [4.69, 9.17) is 5.73 Å². The van der Waals surface area contributed by atoms with Crippen LogP contribution in [0.1, 0.15) is 30.0 Å². The van der Waals surface area contributed by atoms with Gasteiger partial charge in [0.1, 0.15) is 5.82 Å². The SMILES string of the molecule is Nc1nc(NCc2cncc3[nH]cnc23)ncc1-c1cc(C2CC2)[nH]n1. The van der Waals surface area contributed by atoms with Crippen LogP contribution in [0.25, 0.3) is 22.3 Å². The number of aromatic nitrogens is 7. The maximum atomic E-state index is 6.12. The van der Waals surface area contributed by atoms with Crippen LogP contribution in [0.5, 0.6) is 0 Å². The van der Waals surface area contributed by atoms with E-state index >= 15 is 0 Å². The van der Waals surface area contributed by atoms with E-state index in [1.54, 1.807) is 24.9 Å². The molecule has 1 fully saturated rings. The van der Waals surface area contributed by atoms with Gasteiger partial charge in [-0.25, -0.2) is 9.97 Å². The van der Waals surface area contributed by atoms with Crippen molar-refractivity contribution in [3.63, 3.8) is 0 Å². The van der Waals surface area contributed by atoms with Crippen molar-refractivity contribution in [3.05, 3.63) is 42.2 Å². The van der Waals surface area contributed by atoms with Gasteiger partial charge in [0.25, 0.3) is 0 Å². The Bertz CT molecular complexity index is 1080. The molecule has 4 heterocycles. The fraction of sp³-hybridized carbons (Fsp3) is 0.235. The van der Waals surface area contributed by atoms with E-state index in [2.05, 4.69) is 40.4 Å². The predicted molar refractivity (Wildman–Crippen MR) is 97.2 cm³/mol. The summed E-state index contributed by atoms with van der Waals surface area (Å²) < 4.78 is 0. The van der Waals surface area contributed by atoms with Gasteiger partial charge in [0.05, 0.1) is 34.8 Å². The molecule has 5 N–H and O–H groups in total. The van der Waals surface area contributed by atoms with Gasteiger partial charge in [0.15, 0.2) is 0 Å². The van der Waals surface area contributed by atoms with Gasteiger partial charge in [-0.15, -0.1) is 0 Å². The summed E-state index contributed by atoms with van der Waals surface area (Å²) in [6.07, 6.45) is 9.30. The zero-order chi connectivity index (χ0) is 17.5. The number of aromatic amines is 2. The second kappa shape index (κ2) is 5.80. The summed E-state index contributed by atoms with van der Waals surface area (Å²) in [4.78, 5) is 20.3. The first-order valence-corrected chi connectivity index (χ1v) is 8.46. The number of nitrogen functional groups attached to an aromatic ring is 1. The van der Waals surface area contributed by atoms with Crippen LogP contribution in [-0.4, -0.2) is 35.1 Å². The number of anilines is 2. The third-order valence-electron chi connectivity index (χ3n) is 4.55. The van der Waals surface area contributed by atoms with Crippen molar-refractivity contribution in [2.45, 2.75) is 25.3 Å². The lowest BCUT2D eigenvalue weighted by Crippen LogP contribution is -2.07. The predicted octanol–water partition coefficient (Wildman–Crippen LogP) is 2.21. The zero-order valence-corrected chi connectivity index (χ0v) is 13.9. The van der Waals surface area contributed by atoms with E-state index < -0.39 is 0 Å². The summed E-state index contributed by atoms with van der Waals surface area (Å²) in [5.74, 6) is 1.46. The van der Waals surface area contributed by atoms with E-state index in [9.17, 15) is 0 Å². The van der Waals surface area contributed by atoms with Crippen molar-refractivity contribution >= 4 is 22.8 Å². The molecule has 5 rings (SSSR count). The van der Waals surface area contributed by atoms with Crippen molar-refractivity contribution in [1.82, 2.24) is 35.1 Å². The Morgan fingerprint density at radius 3 is 2.96 bits per heavy atom. The Hall–Kier alpha value is -3.49. The Morgan fingerprint density at radius 1 is 1.19 bits per heavy atom. The first kappa shape index (κ1) is 14.8. The normalized spacial score (nSPS) is 14.0. The Kier molecular flexibility index (Phi) is 3.30. The van der Waals surface area contributed by atoms with Crippen molar-refractivity contribution in [2.75, 3.05) is 11.1 Å². The molecule has 0 atom stereocenters. The molecule has 1 aliphatic rings. The van der Waals surface area contributed by atoms with E-state index in [0.717, 1.165) is 33.5 Å². The van der Waals surface area contributed by atoms with Crippen LogP contribution in [0.15, 0.2) is 31.0 Å². The molecule has 0 bridgehead atoms. The van der Waals surface area contributed by atoms with E-state index in [-0.39, 0.29) is 0 Å². The highest BCUT2D eigenvalue weighted by molar-refractivity contribution is 5.77. The van der Waals surface area contributed by atoms with Crippen LogP contribution in [0.4, 0.5) is 11.8 Å². The van der Waals surface area contributed by atoms with Gasteiger partial charge in [-0.05, 0) is 18.9 Å². The number of hydrogen-bond acceptors (Lipinski definition) is 7. The monoisotopic (exact) mass is 347 g/mol. The van der Waals surface area contributed by atoms with E-state index in [1.165, 1.54) is 12.8 Å². The average Bonchev–Trinajstić information content (AvgIpc) is 3.18. The number of nitrogens with two attached hydrogens (primary N) is 1. The molecule has 0 saturated heterocycles. The largest absolute Gasteiger partial charge is 0.383 e. The van der Waals surface area contributed by atoms with Gasteiger partial charge in [0.2, 0.25) is 5.95 Å². The average molecular weight is 347 g/mol. The minimum Gasteiger partial charge on any atom is -0.383 e. The first-order chi connectivity index (χ1) is 12.8. The number of rotatable bonds is 5. The number of hydrogen-bond donors (Lipinski definition) is 4. The van der Waals surface area contributed by atoms with Crippen LogP contribution in [0.3, 0.4) is 0 Å². The number of nitrogens with zero attached hydrogens (tertiary/aromatic N) is 5. The number of H-pyrrole nitrogens is 2. The van der Waals surface area contributed by atoms with Crippen molar-refractivity contribution in [3.8, 4) is 11.3 Å². The molecule has 26 heavy (non-hydrogen) atoms. The molecule has 1 aliphatic carbocycles. The van der Waals surface area contributed by atoms with E-state index in [1.807, 2.05) is 6.07 Å². The molecule has 9 heteroatoms. The maximum absolute atomic E-state index is 6.12. The van der Waals surface area contributed by atoms with Gasteiger partial charge in [-0.3, -0.25) is 10.1 Å². The molecule has 0 spiro atoms. The molecule has 130 valence electrons. The highest BCUT2D eigenvalue weighted by Gasteiger charge is 2.26. The summed E-state index contributed by atoms with van der Waals surface area (Å²) >= 11 is 0. The fourth-order valence-corrected chi connectivity index (χ4v) is 2.98. The van der Waals surface area contributed by atoms with Crippen molar-refractivity contribution in [2.24, 2.45) is 0 Å². The van der Waals surface area contributed by atoms with Gasteiger partial charge >= 0.3 is 0 Å². The van der Waals surface area contributed by atoms with Crippen LogP contribution >= 0.6 is 0 Å². The fourth-order valence-electron chi connectivity index (χ4n) is 2.98. The van der Waals surface area contributed by atoms with Crippen LogP contribution in [0.2, 0.25) is 0 Å². The molecule has 4 aromatic heterocycles. The molecule has 0 amide bonds. The van der Waals surface area contributed by atoms with Crippen molar-refractivity contribution < 1.29 is 0 Å². The summed E-state index contributed by atoms with van der Waals surface area (Å²) in [5, 5.41) is 10.6. The van der Waals surface area contributed by atoms with E-state index in [0.29, 0.717) is 24.2 Å². The molecule has 0 aliphatic heterocycles. The molecular weight excluding hydrogens is 330 g/mol. The molecular formula is C17H17N9. The van der Waals surface area contributed by atoms with Crippen LogP contribution < -0.4 is 11.1 Å². The summed E-state index contributed by atoms with van der Waals surface area (Å²) in [6, 6.07) is 2.03. The Morgan fingerprint density at radius 2 is 2.12 bits per heavy atom. The summed E-state index contributed by atoms with van der Waals surface area (Å²) in [7, 11) is 0. The molecule has 0 aromatic carbocycles. The molecule has 0 unspecified atom stereocenters. The smallest absolute Gasteiger partial charge is 0.224 e. The maximum Gasteiger partial charge on any atom is 0.224 e. The minimum absolute atomic E-state index is 0.396. The molecule has 1 saturated carbocycles. The third kappa shape index (κ3) is 2.63. The van der Waals surface area contributed by atoms with Gasteiger partial charge in [-0.2, -0.15) is 10.1 Å². The number of imidazole rings is 1. The summed E-state index contributed by atoms with van der Waals surface area (Å²) in [6.45, 7) is 0.502. The standard InChI is InChI=1S/C17H17N9/c18-16-11(13-3-12(25-26-13)9-1-2-9)6-21-17(24-16)20-5-10-4-19-7-14-15(10)23-8-22-14/h3-4,6-9H,1-2,5H2,(H,22,23)(H,25,26)(H3,18,20,21,24). The second-order valence-electron chi connectivity index (χ2n) is 6.43. The van der Waals surface area contributed by atoms with Crippen LogP contribution in [-0.2, 0) is 6.54 Å². The molecule has 9 nitrogen and oxygen atoms in total. The Balaban J connectivity index is 1.35. The number of nitrogens with one attached hydrogen (secondary N) is 3. The second-order valence-corrected chi connectivity index (χ2v) is 6.43. The van der Waals surface area contributed by atoms with Crippen molar-refractivity contribution in [1.29, 1.82) is 0 Å². The van der Waals surface area contributed by atoms with Gasteiger partial charge < -0.3 is 16.0 Å². The highest BCUT2D eigenvalue weighted by Crippen LogP contribution is 2.40. The third-order valence-corrected chi connectivity index (χ3v) is 4.55. The summed E-state index contributed by atoms with van der Waals surface area (Å²) in [5.41, 5.74) is 11.5. The van der Waals surface area contributed by atoms with Gasteiger partial charge in [0, 0.05) is 36.1 Å².